The van der Waals surface area contributed by atoms with E-state index in [1.54, 1.807) is 13.2 Å². The molecule has 0 aliphatic carbocycles. The molecule has 1 aromatic carbocycles. The number of hydrogen-bond acceptors (Lipinski definition) is 4. The Morgan fingerprint density at radius 1 is 1.33 bits per heavy atom. The van der Waals surface area contributed by atoms with Crippen molar-refractivity contribution in [2.45, 2.75) is 13.1 Å². The van der Waals surface area contributed by atoms with Crippen molar-refractivity contribution in [2.24, 2.45) is 0 Å². The van der Waals surface area contributed by atoms with Crippen molar-refractivity contribution in [1.82, 2.24) is 9.78 Å². The third-order valence-electron chi connectivity index (χ3n) is 2.95. The fourth-order valence-electron chi connectivity index (χ4n) is 1.82. The minimum Gasteiger partial charge on any atom is -0.490 e. The first kappa shape index (κ1) is 15.1. The highest BCUT2D eigenvalue weighted by molar-refractivity contribution is 5.39. The van der Waals surface area contributed by atoms with E-state index in [2.05, 4.69) is 17.0 Å². The molecule has 1 N–H and O–H groups in total. The van der Waals surface area contributed by atoms with Crippen LogP contribution in [0.2, 0.25) is 0 Å². The van der Waals surface area contributed by atoms with Crippen LogP contribution in [0.5, 0.6) is 5.75 Å². The van der Waals surface area contributed by atoms with Crippen LogP contribution < -0.4 is 10.1 Å². The second-order valence-electron chi connectivity index (χ2n) is 4.58. The number of ether oxygens (including phenoxy) is 2. The monoisotopic (exact) mass is 287 g/mol. The molecular formula is C16H21N3O2. The van der Waals surface area contributed by atoms with Crippen LogP contribution in [0.4, 0.5) is 5.69 Å². The van der Waals surface area contributed by atoms with Crippen molar-refractivity contribution in [3.8, 4) is 5.75 Å². The summed E-state index contributed by atoms with van der Waals surface area (Å²) >= 11 is 0. The minimum atomic E-state index is 0.526. The molecule has 0 fully saturated rings. The molecule has 1 aromatic heterocycles. The number of methoxy groups -OCH3 is 1. The van der Waals surface area contributed by atoms with Gasteiger partial charge in [-0.1, -0.05) is 24.8 Å². The van der Waals surface area contributed by atoms with Gasteiger partial charge in [-0.15, -0.1) is 0 Å². The number of benzene rings is 1. The highest BCUT2D eigenvalue weighted by Crippen LogP contribution is 2.14. The average molecular weight is 287 g/mol. The van der Waals surface area contributed by atoms with Gasteiger partial charge in [0.15, 0.2) is 0 Å². The third-order valence-corrected chi connectivity index (χ3v) is 2.95. The Kier molecular flexibility index (Phi) is 5.84. The number of anilines is 1. The van der Waals surface area contributed by atoms with Crippen molar-refractivity contribution in [2.75, 3.05) is 25.6 Å². The van der Waals surface area contributed by atoms with Crippen LogP contribution in [-0.2, 0) is 17.8 Å². The lowest BCUT2D eigenvalue weighted by atomic mass is 10.2. The summed E-state index contributed by atoms with van der Waals surface area (Å²) in [6, 6.07) is 8.01. The smallest absolute Gasteiger partial charge is 0.119 e. The molecule has 0 unspecified atom stereocenters. The summed E-state index contributed by atoms with van der Waals surface area (Å²) < 4.78 is 12.3. The largest absolute Gasteiger partial charge is 0.490 e. The van der Waals surface area contributed by atoms with Crippen LogP contribution in [0, 0.1) is 0 Å². The number of nitrogens with zero attached hydrogens (tertiary/aromatic N) is 2. The summed E-state index contributed by atoms with van der Waals surface area (Å²) in [6.07, 6.45) is 5.52. The maximum Gasteiger partial charge on any atom is 0.119 e. The van der Waals surface area contributed by atoms with E-state index in [1.807, 2.05) is 41.3 Å². The van der Waals surface area contributed by atoms with Crippen molar-refractivity contribution < 1.29 is 9.47 Å². The minimum absolute atomic E-state index is 0.526. The van der Waals surface area contributed by atoms with Crippen LogP contribution in [0.1, 0.15) is 5.56 Å². The fourth-order valence-corrected chi connectivity index (χ4v) is 1.82. The highest BCUT2D eigenvalue weighted by atomic mass is 16.5. The van der Waals surface area contributed by atoms with Gasteiger partial charge in [-0.25, -0.2) is 0 Å². The summed E-state index contributed by atoms with van der Waals surface area (Å²) in [4.78, 5) is 0. The first-order valence-corrected chi connectivity index (χ1v) is 6.89. The second kappa shape index (κ2) is 8.11. The maximum atomic E-state index is 5.45. The molecular weight excluding hydrogens is 266 g/mol. The van der Waals surface area contributed by atoms with Gasteiger partial charge < -0.3 is 14.8 Å². The number of nitrogens with one attached hydrogen (secondary N) is 1. The zero-order chi connectivity index (χ0) is 14.9. The number of rotatable bonds is 9. The molecule has 21 heavy (non-hydrogen) atoms. The Bertz CT molecular complexity index is 549. The zero-order valence-corrected chi connectivity index (χ0v) is 12.3. The quantitative estimate of drug-likeness (QED) is 0.720. The molecule has 2 aromatic rings. The molecule has 1 heterocycles. The number of hydrogen-bond donors (Lipinski definition) is 1. The van der Waals surface area contributed by atoms with Gasteiger partial charge in [-0.05, 0) is 17.7 Å². The fraction of sp³-hybridized carbons (Fsp3) is 0.312. The van der Waals surface area contributed by atoms with Gasteiger partial charge in [-0.3, -0.25) is 4.68 Å². The summed E-state index contributed by atoms with van der Waals surface area (Å²) in [6.45, 7) is 6.32. The lowest BCUT2D eigenvalue weighted by molar-refractivity contribution is 0.183. The topological polar surface area (TPSA) is 48.3 Å². The predicted molar refractivity (Wildman–Crippen MR) is 83.6 cm³/mol. The summed E-state index contributed by atoms with van der Waals surface area (Å²) in [7, 11) is 1.69. The van der Waals surface area contributed by atoms with Crippen molar-refractivity contribution in [3.05, 3.63) is 54.9 Å². The van der Waals surface area contributed by atoms with E-state index in [1.165, 1.54) is 5.56 Å². The molecule has 2 rings (SSSR count). The molecule has 0 spiro atoms. The second-order valence-corrected chi connectivity index (χ2v) is 4.58. The van der Waals surface area contributed by atoms with Crippen LogP contribution in [0.25, 0.3) is 0 Å². The van der Waals surface area contributed by atoms with Crippen LogP contribution in [-0.4, -0.2) is 30.1 Å². The number of aromatic nitrogens is 2. The molecule has 0 amide bonds. The Labute approximate surface area is 125 Å². The van der Waals surface area contributed by atoms with Crippen molar-refractivity contribution in [1.29, 1.82) is 0 Å². The summed E-state index contributed by atoms with van der Waals surface area (Å²) in [5, 5.41) is 7.60. The molecule has 0 atom stereocenters. The highest BCUT2D eigenvalue weighted by Gasteiger charge is 1.99. The average Bonchev–Trinajstić information content (AvgIpc) is 2.98. The van der Waals surface area contributed by atoms with E-state index < -0.39 is 0 Å². The van der Waals surface area contributed by atoms with E-state index in [4.69, 9.17) is 9.47 Å². The lowest BCUT2D eigenvalue weighted by Crippen LogP contribution is -2.04. The van der Waals surface area contributed by atoms with E-state index in [-0.39, 0.29) is 0 Å². The molecule has 0 radical (unpaired) electrons. The van der Waals surface area contributed by atoms with E-state index in [0.29, 0.717) is 13.2 Å². The van der Waals surface area contributed by atoms with Crippen molar-refractivity contribution >= 4 is 5.69 Å². The molecule has 5 heteroatoms. The molecule has 112 valence electrons. The molecule has 0 aliphatic heterocycles. The molecule has 0 saturated carbocycles. The van der Waals surface area contributed by atoms with Gasteiger partial charge in [-0.2, -0.15) is 5.10 Å². The Morgan fingerprint density at radius 3 is 2.86 bits per heavy atom. The SMILES string of the molecule is C=CCOc1ccc(CNc2cnn(CCOC)c2)cc1. The van der Waals surface area contributed by atoms with Crippen LogP contribution in [0.15, 0.2) is 49.3 Å². The standard InChI is InChI=1S/C16H21N3O2/c1-3-9-21-16-6-4-14(5-7-16)11-17-15-12-18-19(13-15)8-10-20-2/h3-7,12-13,17H,1,8-11H2,2H3. The third kappa shape index (κ3) is 4.96. The summed E-state index contributed by atoms with van der Waals surface area (Å²) in [5.41, 5.74) is 2.18. The first-order valence-electron chi connectivity index (χ1n) is 6.89. The van der Waals surface area contributed by atoms with Gasteiger partial charge in [0.05, 0.1) is 25.0 Å². The van der Waals surface area contributed by atoms with Gasteiger partial charge in [0.2, 0.25) is 0 Å². The maximum absolute atomic E-state index is 5.45. The van der Waals surface area contributed by atoms with Gasteiger partial charge in [0.1, 0.15) is 12.4 Å². The van der Waals surface area contributed by atoms with Gasteiger partial charge in [0.25, 0.3) is 0 Å². The van der Waals surface area contributed by atoms with E-state index >= 15 is 0 Å². The predicted octanol–water partition coefficient (Wildman–Crippen LogP) is 2.71. The Balaban J connectivity index is 1.82. The van der Waals surface area contributed by atoms with E-state index in [0.717, 1.165) is 24.5 Å². The van der Waals surface area contributed by atoms with Crippen LogP contribution >= 0.6 is 0 Å². The van der Waals surface area contributed by atoms with Crippen LogP contribution in [0.3, 0.4) is 0 Å². The molecule has 5 nitrogen and oxygen atoms in total. The van der Waals surface area contributed by atoms with Gasteiger partial charge >= 0.3 is 0 Å². The lowest BCUT2D eigenvalue weighted by Gasteiger charge is -2.06. The molecule has 0 aliphatic rings. The normalized spacial score (nSPS) is 10.3. The molecule has 0 saturated heterocycles. The van der Waals surface area contributed by atoms with Gasteiger partial charge in [0, 0.05) is 19.9 Å². The summed E-state index contributed by atoms with van der Waals surface area (Å²) in [5.74, 6) is 0.853. The van der Waals surface area contributed by atoms with E-state index in [9.17, 15) is 0 Å². The first-order chi connectivity index (χ1) is 10.3. The zero-order valence-electron chi connectivity index (χ0n) is 12.3. The van der Waals surface area contributed by atoms with Crippen molar-refractivity contribution in [3.63, 3.8) is 0 Å². The Hall–Kier alpha value is -2.27. The molecule has 0 bridgehead atoms. The Morgan fingerprint density at radius 2 is 2.14 bits per heavy atom.